The Kier molecular flexibility index (Phi) is 9.75. The number of phenols is 1. The first-order valence-corrected chi connectivity index (χ1v) is 18.0. The molecule has 278 valence electrons. The summed E-state index contributed by atoms with van der Waals surface area (Å²) in [6.45, 7) is 6.31. The normalized spacial score (nSPS) is 18.8. The molecule has 1 N–H and O–H groups in total. The zero-order valence-electron chi connectivity index (χ0n) is 30.3. The smallest absolute Gasteiger partial charge is 0.319 e. The van der Waals surface area contributed by atoms with Crippen molar-refractivity contribution in [3.05, 3.63) is 81.9 Å². The van der Waals surface area contributed by atoms with Crippen LogP contribution in [0.2, 0.25) is 5.02 Å². The molecule has 2 aliphatic rings. The Labute approximate surface area is 310 Å². The van der Waals surface area contributed by atoms with E-state index in [2.05, 4.69) is 15.0 Å². The highest BCUT2D eigenvalue weighted by atomic mass is 35.5. The van der Waals surface area contributed by atoms with Crippen molar-refractivity contribution >= 4 is 45.0 Å². The standard InChI is InChI=1S/C39H41ClF3N7O3/c1-6-26-30(42)9-8-22-14-25(51)16-27(32(22)26)33-29(40)17-28-35(34(33)43)44-38(53-21-39(2)20-48(5)13-10-23(39)18-41)45-36(28)49-11-7-12-50-24(19-49)15-31(46-50)37(52)47(3)4/h8-9,14-18,51H,6-7,10-13,19-21H2,1-5H3/b23-18+/t39-/m0/s1. The van der Waals surface area contributed by atoms with Gasteiger partial charge in [-0.25, -0.2) is 13.2 Å². The lowest BCUT2D eigenvalue weighted by atomic mass is 9.78. The van der Waals surface area contributed by atoms with E-state index in [4.69, 9.17) is 21.3 Å². The highest BCUT2D eigenvalue weighted by Gasteiger charge is 2.36. The molecule has 1 fully saturated rings. The number of aryl methyl sites for hydroxylation is 2. The number of rotatable bonds is 7. The number of halogens is 4. The molecule has 2 aliphatic heterocycles. The van der Waals surface area contributed by atoms with E-state index in [1.54, 1.807) is 37.8 Å². The first-order chi connectivity index (χ1) is 25.3. The molecule has 7 rings (SSSR count). The number of carbonyl (C=O) groups is 1. The van der Waals surface area contributed by atoms with Gasteiger partial charge in [-0.05, 0) is 84.1 Å². The molecule has 10 nitrogen and oxygen atoms in total. The van der Waals surface area contributed by atoms with Crippen LogP contribution in [0.3, 0.4) is 0 Å². The molecular weight excluding hydrogens is 707 g/mol. The van der Waals surface area contributed by atoms with Gasteiger partial charge in [0.15, 0.2) is 11.5 Å². The van der Waals surface area contributed by atoms with Gasteiger partial charge >= 0.3 is 6.01 Å². The number of amides is 1. The van der Waals surface area contributed by atoms with E-state index in [9.17, 15) is 14.3 Å². The number of carbonyl (C=O) groups excluding carboxylic acids is 1. The van der Waals surface area contributed by atoms with Crippen LogP contribution in [-0.2, 0) is 19.5 Å². The van der Waals surface area contributed by atoms with Gasteiger partial charge in [-0.15, -0.1) is 0 Å². The van der Waals surface area contributed by atoms with E-state index in [0.29, 0.717) is 90.6 Å². The summed E-state index contributed by atoms with van der Waals surface area (Å²) in [5.74, 6) is -1.27. The average Bonchev–Trinajstić information content (AvgIpc) is 3.41. The minimum absolute atomic E-state index is 0.0148. The fourth-order valence-corrected chi connectivity index (χ4v) is 7.96. The Hall–Kier alpha value is -4.88. The second-order valence-electron chi connectivity index (χ2n) is 14.4. The maximum absolute atomic E-state index is 17.3. The highest BCUT2D eigenvalue weighted by molar-refractivity contribution is 6.35. The molecule has 0 aliphatic carbocycles. The predicted molar refractivity (Wildman–Crippen MR) is 199 cm³/mol. The van der Waals surface area contributed by atoms with E-state index < -0.39 is 17.0 Å². The molecule has 14 heteroatoms. The number of aromatic hydroxyl groups is 1. The van der Waals surface area contributed by atoms with Crippen molar-refractivity contribution in [1.29, 1.82) is 0 Å². The molecule has 1 atom stereocenters. The molecule has 4 heterocycles. The summed E-state index contributed by atoms with van der Waals surface area (Å²) in [7, 11) is 5.29. The van der Waals surface area contributed by atoms with E-state index in [-0.39, 0.29) is 52.5 Å². The lowest BCUT2D eigenvalue weighted by molar-refractivity contribution is 0.0821. The quantitative estimate of drug-likeness (QED) is 0.183. The van der Waals surface area contributed by atoms with Gasteiger partial charge in [0.2, 0.25) is 0 Å². The van der Waals surface area contributed by atoms with Crippen LogP contribution >= 0.6 is 11.6 Å². The van der Waals surface area contributed by atoms with Gasteiger partial charge in [-0.3, -0.25) is 9.48 Å². The molecule has 0 saturated carbocycles. The summed E-state index contributed by atoms with van der Waals surface area (Å²) in [6.07, 6.45) is 2.12. The average molecular weight is 748 g/mol. The molecule has 1 saturated heterocycles. The second kappa shape index (κ2) is 14.2. The first kappa shape index (κ1) is 36.5. The third kappa shape index (κ3) is 6.65. The summed E-state index contributed by atoms with van der Waals surface area (Å²) in [6, 6.07) is 8.96. The van der Waals surface area contributed by atoms with Gasteiger partial charge in [0.1, 0.15) is 29.5 Å². The summed E-state index contributed by atoms with van der Waals surface area (Å²) in [5, 5.41) is 16.6. The number of hydrogen-bond acceptors (Lipinski definition) is 8. The lowest BCUT2D eigenvalue weighted by Gasteiger charge is -2.40. The van der Waals surface area contributed by atoms with Crippen LogP contribution in [0.1, 0.15) is 48.4 Å². The Morgan fingerprint density at radius 1 is 1.13 bits per heavy atom. The zero-order valence-corrected chi connectivity index (χ0v) is 31.1. The second-order valence-corrected chi connectivity index (χ2v) is 14.8. The summed E-state index contributed by atoms with van der Waals surface area (Å²) < 4.78 is 54.6. The van der Waals surface area contributed by atoms with Crippen LogP contribution in [-0.4, -0.2) is 87.9 Å². The molecule has 0 unspecified atom stereocenters. The van der Waals surface area contributed by atoms with Gasteiger partial charge in [0, 0.05) is 56.6 Å². The van der Waals surface area contributed by atoms with Crippen LogP contribution in [0.5, 0.6) is 11.8 Å². The largest absolute Gasteiger partial charge is 0.508 e. The fourth-order valence-electron chi connectivity index (χ4n) is 7.67. The molecule has 3 aromatic carbocycles. The van der Waals surface area contributed by atoms with Crippen molar-refractivity contribution in [1.82, 2.24) is 29.5 Å². The van der Waals surface area contributed by atoms with Crippen LogP contribution in [0.25, 0.3) is 32.8 Å². The summed E-state index contributed by atoms with van der Waals surface area (Å²) in [5.41, 5.74) is 1.41. The first-order valence-electron chi connectivity index (χ1n) is 17.6. The molecular formula is C39H41ClF3N7O3. The molecule has 0 spiro atoms. The van der Waals surface area contributed by atoms with Crippen molar-refractivity contribution in [2.24, 2.45) is 5.41 Å². The molecule has 5 aromatic rings. The maximum atomic E-state index is 17.3. The Balaban J connectivity index is 1.41. The van der Waals surface area contributed by atoms with E-state index >= 15 is 8.78 Å². The summed E-state index contributed by atoms with van der Waals surface area (Å²) in [4.78, 5) is 27.7. The van der Waals surface area contributed by atoms with E-state index in [1.807, 2.05) is 18.9 Å². The Bertz CT molecular complexity index is 2290. The minimum Gasteiger partial charge on any atom is -0.508 e. The lowest BCUT2D eigenvalue weighted by Crippen LogP contribution is -2.44. The number of phenolic OH excluding ortho intramolecular Hbond substituents is 1. The monoisotopic (exact) mass is 747 g/mol. The number of piperidine rings is 1. The van der Waals surface area contributed by atoms with Gasteiger partial charge < -0.3 is 24.5 Å². The molecule has 1 amide bonds. The highest BCUT2D eigenvalue weighted by Crippen LogP contribution is 2.44. The van der Waals surface area contributed by atoms with Crippen molar-refractivity contribution < 1.29 is 27.8 Å². The van der Waals surface area contributed by atoms with Crippen molar-refractivity contribution in [2.45, 2.75) is 46.2 Å². The SMILES string of the molecule is CCc1c(F)ccc2cc(O)cc(-c3c(Cl)cc4c(N5CCCn6nc(C(=O)N(C)C)cc6C5)nc(OC[C@]5(C)CN(C)CC/C5=C\F)nc4c3F)c12. The Morgan fingerprint density at radius 2 is 1.92 bits per heavy atom. The molecule has 2 aromatic heterocycles. The number of likely N-dealkylation sites (tertiary alicyclic amines) is 1. The van der Waals surface area contributed by atoms with Crippen molar-refractivity contribution in [3.8, 4) is 22.9 Å². The number of nitrogens with zero attached hydrogens (tertiary/aromatic N) is 7. The third-order valence-electron chi connectivity index (χ3n) is 10.4. The van der Waals surface area contributed by atoms with E-state index in [1.165, 1.54) is 29.2 Å². The number of hydrogen-bond donors (Lipinski definition) is 1. The minimum atomic E-state index is -0.800. The molecule has 0 radical (unpaired) electrons. The van der Waals surface area contributed by atoms with Gasteiger partial charge in [-0.1, -0.05) is 31.5 Å². The fraction of sp³-hybridized carbons (Fsp3) is 0.385. The molecule has 0 bridgehead atoms. The number of fused-ring (bicyclic) bond motifs is 3. The van der Waals surface area contributed by atoms with Gasteiger partial charge in [-0.2, -0.15) is 15.1 Å². The maximum Gasteiger partial charge on any atom is 0.319 e. The predicted octanol–water partition coefficient (Wildman–Crippen LogP) is 7.53. The van der Waals surface area contributed by atoms with Crippen LogP contribution < -0.4 is 9.64 Å². The van der Waals surface area contributed by atoms with E-state index in [0.717, 1.165) is 5.69 Å². The Morgan fingerprint density at radius 3 is 2.66 bits per heavy atom. The van der Waals surface area contributed by atoms with Crippen LogP contribution in [0.15, 0.2) is 48.3 Å². The zero-order chi connectivity index (χ0) is 37.8. The molecule has 53 heavy (non-hydrogen) atoms. The van der Waals surface area contributed by atoms with Gasteiger partial charge in [0.05, 0.1) is 23.6 Å². The number of anilines is 1. The van der Waals surface area contributed by atoms with Crippen molar-refractivity contribution in [3.63, 3.8) is 0 Å². The number of ether oxygens (including phenoxy) is 1. The van der Waals surface area contributed by atoms with Crippen LogP contribution in [0, 0.1) is 17.0 Å². The summed E-state index contributed by atoms with van der Waals surface area (Å²) >= 11 is 6.97. The third-order valence-corrected chi connectivity index (χ3v) is 10.7. The van der Waals surface area contributed by atoms with Gasteiger partial charge in [0.25, 0.3) is 5.91 Å². The number of benzene rings is 3. The van der Waals surface area contributed by atoms with Crippen LogP contribution in [0.4, 0.5) is 19.0 Å². The van der Waals surface area contributed by atoms with Crippen molar-refractivity contribution in [2.75, 3.05) is 52.3 Å². The topological polar surface area (TPSA) is 99.9 Å². The number of aromatic nitrogens is 4.